The number of rotatable bonds is 4. The van der Waals surface area contributed by atoms with Crippen LogP contribution in [0.4, 0.5) is 5.95 Å². The summed E-state index contributed by atoms with van der Waals surface area (Å²) in [7, 11) is 0. The van der Waals surface area contributed by atoms with Gasteiger partial charge in [0.25, 0.3) is 0 Å². The minimum Gasteiger partial charge on any atom is -0.323 e. The molecule has 0 atom stereocenters. The average molecular weight is 341 g/mol. The fraction of sp³-hybridized carbons (Fsp3) is 0. The van der Waals surface area contributed by atoms with E-state index in [0.29, 0.717) is 5.95 Å². The highest BCUT2D eigenvalue weighted by Crippen LogP contribution is 2.13. The lowest BCUT2D eigenvalue weighted by Crippen LogP contribution is -1.91. The lowest BCUT2D eigenvalue weighted by molar-refractivity contribution is 1.22. The highest BCUT2D eigenvalue weighted by Gasteiger charge is 1.99. The van der Waals surface area contributed by atoms with Gasteiger partial charge in [0.05, 0.1) is 17.2 Å². The van der Waals surface area contributed by atoms with Crippen LogP contribution in [0.5, 0.6) is 0 Å². The number of para-hydroxylation sites is 2. The second-order valence-electron chi connectivity index (χ2n) is 4.41. The van der Waals surface area contributed by atoms with Crippen LogP contribution in [0.2, 0.25) is 0 Å². The van der Waals surface area contributed by atoms with Gasteiger partial charge in [0.2, 0.25) is 5.95 Å². The first kappa shape index (κ1) is 13.6. The Balaban J connectivity index is 1.67. The summed E-state index contributed by atoms with van der Waals surface area (Å²) in [6.07, 6.45) is 3.68. The highest BCUT2D eigenvalue weighted by molar-refractivity contribution is 9.12. The Morgan fingerprint density at radius 2 is 1.86 bits per heavy atom. The largest absolute Gasteiger partial charge is 0.323 e. The number of benzene rings is 2. The van der Waals surface area contributed by atoms with Crippen molar-refractivity contribution < 1.29 is 0 Å². The Morgan fingerprint density at radius 1 is 1.10 bits per heavy atom. The van der Waals surface area contributed by atoms with Crippen molar-refractivity contribution >= 4 is 45.2 Å². The standard InChI is InChI=1S/C16H13BrN4/c17-13(10-12-6-2-1-3-7-12)11-18-21-16-19-14-8-4-5-9-15(14)20-16/h1-11H,(H2,19,20,21)/b13-10+,18-11+. The smallest absolute Gasteiger partial charge is 0.222 e. The fourth-order valence-corrected chi connectivity index (χ4v) is 2.27. The highest BCUT2D eigenvalue weighted by atomic mass is 79.9. The number of hydrazone groups is 1. The minimum absolute atomic E-state index is 0.618. The molecule has 104 valence electrons. The predicted octanol–water partition coefficient (Wildman–Crippen LogP) is 4.40. The molecule has 0 bridgehead atoms. The lowest BCUT2D eigenvalue weighted by atomic mass is 10.2. The normalized spacial score (nSPS) is 12.1. The molecule has 0 radical (unpaired) electrons. The molecule has 0 saturated carbocycles. The van der Waals surface area contributed by atoms with Crippen molar-refractivity contribution in [3.05, 3.63) is 64.6 Å². The number of aromatic nitrogens is 2. The van der Waals surface area contributed by atoms with E-state index in [-0.39, 0.29) is 0 Å². The first-order valence-corrected chi connectivity index (χ1v) is 7.27. The number of fused-ring (bicyclic) bond motifs is 1. The van der Waals surface area contributed by atoms with E-state index < -0.39 is 0 Å². The Labute approximate surface area is 130 Å². The summed E-state index contributed by atoms with van der Waals surface area (Å²) in [5.74, 6) is 0.618. The van der Waals surface area contributed by atoms with Crippen molar-refractivity contribution in [3.63, 3.8) is 0 Å². The molecule has 0 unspecified atom stereocenters. The van der Waals surface area contributed by atoms with Gasteiger partial charge in [-0.05, 0) is 39.7 Å². The van der Waals surface area contributed by atoms with Gasteiger partial charge < -0.3 is 4.98 Å². The molecule has 3 rings (SSSR count). The zero-order valence-electron chi connectivity index (χ0n) is 11.1. The van der Waals surface area contributed by atoms with Crippen LogP contribution in [-0.2, 0) is 0 Å². The van der Waals surface area contributed by atoms with Crippen molar-refractivity contribution in [2.24, 2.45) is 5.10 Å². The molecule has 3 aromatic rings. The maximum atomic E-state index is 4.38. The molecule has 5 heteroatoms. The van der Waals surface area contributed by atoms with Crippen molar-refractivity contribution in [3.8, 4) is 0 Å². The van der Waals surface area contributed by atoms with Gasteiger partial charge in [0.1, 0.15) is 0 Å². The van der Waals surface area contributed by atoms with Gasteiger partial charge in [0, 0.05) is 4.48 Å². The number of hydrogen-bond donors (Lipinski definition) is 2. The number of imidazole rings is 1. The summed E-state index contributed by atoms with van der Waals surface area (Å²) < 4.78 is 0.873. The third kappa shape index (κ3) is 3.58. The number of anilines is 1. The van der Waals surface area contributed by atoms with E-state index in [9.17, 15) is 0 Å². The molecule has 1 aromatic heterocycles. The van der Waals surface area contributed by atoms with Gasteiger partial charge in [-0.15, -0.1) is 0 Å². The van der Waals surface area contributed by atoms with E-state index in [4.69, 9.17) is 0 Å². The second-order valence-corrected chi connectivity index (χ2v) is 5.33. The monoisotopic (exact) mass is 340 g/mol. The molecule has 4 nitrogen and oxygen atoms in total. The maximum absolute atomic E-state index is 4.38. The third-order valence-corrected chi connectivity index (χ3v) is 3.29. The zero-order chi connectivity index (χ0) is 14.5. The number of nitrogens with one attached hydrogen (secondary N) is 2. The molecular weight excluding hydrogens is 328 g/mol. The second kappa shape index (κ2) is 6.37. The van der Waals surface area contributed by atoms with Crippen LogP contribution in [0, 0.1) is 0 Å². The Hall–Kier alpha value is -2.40. The SMILES string of the molecule is BrC(/C=N/Nc1nc2ccccc2[nH]1)=C/c1ccccc1. The van der Waals surface area contributed by atoms with Gasteiger partial charge in [-0.1, -0.05) is 42.5 Å². The zero-order valence-corrected chi connectivity index (χ0v) is 12.7. The first-order valence-electron chi connectivity index (χ1n) is 6.47. The number of hydrogen-bond acceptors (Lipinski definition) is 3. The molecular formula is C16H13BrN4. The summed E-state index contributed by atoms with van der Waals surface area (Å²) in [6, 6.07) is 17.9. The average Bonchev–Trinajstić information content (AvgIpc) is 2.91. The molecule has 1 heterocycles. The van der Waals surface area contributed by atoms with E-state index in [1.807, 2.05) is 60.7 Å². The first-order chi connectivity index (χ1) is 10.3. The molecule has 0 aliphatic rings. The van der Waals surface area contributed by atoms with E-state index in [2.05, 4.69) is 36.4 Å². The summed E-state index contributed by atoms with van der Waals surface area (Å²) in [5, 5.41) is 4.15. The van der Waals surface area contributed by atoms with Crippen LogP contribution in [0.25, 0.3) is 17.1 Å². The molecule has 0 aliphatic heterocycles. The van der Waals surface area contributed by atoms with Gasteiger partial charge >= 0.3 is 0 Å². The number of H-pyrrole nitrogens is 1. The number of allylic oxidation sites excluding steroid dienone is 1. The molecule has 0 saturated heterocycles. The summed E-state index contributed by atoms with van der Waals surface area (Å²) in [4.78, 5) is 7.53. The van der Waals surface area contributed by atoms with Crippen molar-refractivity contribution in [1.82, 2.24) is 9.97 Å². The van der Waals surface area contributed by atoms with Crippen LogP contribution >= 0.6 is 15.9 Å². The van der Waals surface area contributed by atoms with Gasteiger partial charge in [-0.3, -0.25) is 0 Å². The van der Waals surface area contributed by atoms with Gasteiger partial charge in [0.15, 0.2) is 0 Å². The van der Waals surface area contributed by atoms with Crippen LogP contribution in [0.1, 0.15) is 5.56 Å². The molecule has 0 fully saturated rings. The Kier molecular flexibility index (Phi) is 4.12. The predicted molar refractivity (Wildman–Crippen MR) is 91.6 cm³/mol. The van der Waals surface area contributed by atoms with Gasteiger partial charge in [-0.25, -0.2) is 10.4 Å². The summed E-state index contributed by atoms with van der Waals surface area (Å²) in [6.45, 7) is 0. The van der Waals surface area contributed by atoms with Crippen molar-refractivity contribution in [2.75, 3.05) is 5.43 Å². The molecule has 0 aliphatic carbocycles. The summed E-state index contributed by atoms with van der Waals surface area (Å²) in [5.41, 5.74) is 5.89. The van der Waals surface area contributed by atoms with E-state index in [0.717, 1.165) is 21.1 Å². The van der Waals surface area contributed by atoms with Crippen LogP contribution in [0.3, 0.4) is 0 Å². The quantitative estimate of drug-likeness (QED) is 0.546. The van der Waals surface area contributed by atoms with Crippen LogP contribution in [-0.4, -0.2) is 16.2 Å². The Morgan fingerprint density at radius 3 is 2.67 bits per heavy atom. The third-order valence-electron chi connectivity index (χ3n) is 2.85. The minimum atomic E-state index is 0.618. The number of nitrogens with zero attached hydrogens (tertiary/aromatic N) is 2. The fourth-order valence-electron chi connectivity index (χ4n) is 1.91. The molecule has 0 amide bonds. The molecule has 21 heavy (non-hydrogen) atoms. The molecule has 2 N–H and O–H groups in total. The maximum Gasteiger partial charge on any atom is 0.222 e. The lowest BCUT2D eigenvalue weighted by Gasteiger charge is -1.94. The number of halogens is 1. The van der Waals surface area contributed by atoms with E-state index in [1.54, 1.807) is 6.21 Å². The van der Waals surface area contributed by atoms with Crippen molar-refractivity contribution in [2.45, 2.75) is 0 Å². The van der Waals surface area contributed by atoms with Crippen molar-refractivity contribution in [1.29, 1.82) is 0 Å². The van der Waals surface area contributed by atoms with Crippen LogP contribution < -0.4 is 5.43 Å². The van der Waals surface area contributed by atoms with Crippen LogP contribution in [0.15, 0.2) is 64.2 Å². The van der Waals surface area contributed by atoms with E-state index in [1.165, 1.54) is 0 Å². The number of aromatic amines is 1. The molecule has 2 aromatic carbocycles. The topological polar surface area (TPSA) is 53.1 Å². The van der Waals surface area contributed by atoms with Gasteiger partial charge in [-0.2, -0.15) is 5.10 Å². The Bertz CT molecular complexity index is 757. The molecule has 0 spiro atoms. The summed E-state index contributed by atoms with van der Waals surface area (Å²) >= 11 is 3.46. The van der Waals surface area contributed by atoms with E-state index >= 15 is 0 Å².